The van der Waals surface area contributed by atoms with E-state index in [9.17, 15) is 4.79 Å². The van der Waals surface area contributed by atoms with Gasteiger partial charge in [0.15, 0.2) is 0 Å². The van der Waals surface area contributed by atoms with Gasteiger partial charge < -0.3 is 9.47 Å². The molecule has 0 aromatic heterocycles. The highest BCUT2D eigenvalue weighted by molar-refractivity contribution is 5.69. The molecular formula is C18H36O3. The van der Waals surface area contributed by atoms with Crippen molar-refractivity contribution < 1.29 is 14.3 Å². The number of carbonyl (C=O) groups excluding carboxylic acids is 1. The average Bonchev–Trinajstić information content (AvgIpc) is 2.49. The van der Waals surface area contributed by atoms with Crippen LogP contribution in [0, 0.1) is 0 Å². The molecule has 0 unspecified atom stereocenters. The fourth-order valence-corrected chi connectivity index (χ4v) is 2.25. The first-order chi connectivity index (χ1) is 10.3. The number of hydrogen-bond acceptors (Lipinski definition) is 3. The van der Waals surface area contributed by atoms with E-state index in [-0.39, 0.29) is 5.97 Å². The molecule has 0 heterocycles. The van der Waals surface area contributed by atoms with E-state index >= 15 is 0 Å². The second kappa shape index (κ2) is 17.5. The predicted molar refractivity (Wildman–Crippen MR) is 88.5 cm³/mol. The molecular weight excluding hydrogens is 264 g/mol. The Morgan fingerprint density at radius 3 is 1.90 bits per heavy atom. The van der Waals surface area contributed by atoms with E-state index in [4.69, 9.17) is 9.47 Å². The van der Waals surface area contributed by atoms with Gasteiger partial charge in [0.25, 0.3) is 0 Å². The van der Waals surface area contributed by atoms with Crippen LogP contribution in [0.2, 0.25) is 0 Å². The highest BCUT2D eigenvalue weighted by Crippen LogP contribution is 2.06. The van der Waals surface area contributed by atoms with E-state index in [1.54, 1.807) is 0 Å². The standard InChI is InChI=1S/C18H36O3/c1-3-5-7-9-11-13-15-20-16-17-21-18(19)14-12-10-8-6-4-2/h3-17H2,1-2H3. The van der Waals surface area contributed by atoms with E-state index in [1.807, 2.05) is 0 Å². The molecule has 3 nitrogen and oxygen atoms in total. The number of hydrogen-bond donors (Lipinski definition) is 0. The molecule has 0 N–H and O–H groups in total. The summed E-state index contributed by atoms with van der Waals surface area (Å²) in [4.78, 5) is 11.4. The lowest BCUT2D eigenvalue weighted by Crippen LogP contribution is -2.10. The molecule has 0 spiro atoms. The molecule has 0 saturated carbocycles. The van der Waals surface area contributed by atoms with Crippen LogP contribution < -0.4 is 0 Å². The topological polar surface area (TPSA) is 35.5 Å². The molecule has 0 aliphatic heterocycles. The Morgan fingerprint density at radius 1 is 0.667 bits per heavy atom. The molecule has 0 aromatic carbocycles. The molecule has 0 rings (SSSR count). The first-order valence-electron chi connectivity index (χ1n) is 9.04. The lowest BCUT2D eigenvalue weighted by Gasteiger charge is -2.06. The van der Waals surface area contributed by atoms with Crippen LogP contribution in [0.1, 0.15) is 90.9 Å². The quantitative estimate of drug-likeness (QED) is 0.288. The zero-order chi connectivity index (χ0) is 15.6. The minimum Gasteiger partial charge on any atom is -0.463 e. The van der Waals surface area contributed by atoms with Crippen LogP contribution in [0.15, 0.2) is 0 Å². The minimum absolute atomic E-state index is 0.0744. The fourth-order valence-electron chi connectivity index (χ4n) is 2.25. The van der Waals surface area contributed by atoms with Crippen molar-refractivity contribution in [2.24, 2.45) is 0 Å². The third-order valence-corrected chi connectivity index (χ3v) is 3.62. The van der Waals surface area contributed by atoms with Crippen molar-refractivity contribution in [1.29, 1.82) is 0 Å². The molecule has 0 saturated heterocycles. The summed E-state index contributed by atoms with van der Waals surface area (Å²) < 4.78 is 10.6. The number of ether oxygens (including phenoxy) is 2. The molecule has 3 heteroatoms. The smallest absolute Gasteiger partial charge is 0.305 e. The van der Waals surface area contributed by atoms with Crippen molar-refractivity contribution in [1.82, 2.24) is 0 Å². The SMILES string of the molecule is CCCCCCCCOCCOC(=O)CCCCCCC. The Hall–Kier alpha value is -0.570. The summed E-state index contributed by atoms with van der Waals surface area (Å²) >= 11 is 0. The first kappa shape index (κ1) is 20.4. The molecule has 0 aliphatic rings. The van der Waals surface area contributed by atoms with Gasteiger partial charge in [-0.3, -0.25) is 4.79 Å². The van der Waals surface area contributed by atoms with Gasteiger partial charge in [0.2, 0.25) is 0 Å². The van der Waals surface area contributed by atoms with Crippen molar-refractivity contribution in [3.8, 4) is 0 Å². The monoisotopic (exact) mass is 300 g/mol. The maximum atomic E-state index is 11.4. The summed E-state index contributed by atoms with van der Waals surface area (Å²) in [5.74, 6) is -0.0744. The Bertz CT molecular complexity index is 217. The normalized spacial score (nSPS) is 10.8. The number of rotatable bonds is 16. The van der Waals surface area contributed by atoms with Crippen molar-refractivity contribution in [2.75, 3.05) is 19.8 Å². The number of unbranched alkanes of at least 4 members (excludes halogenated alkanes) is 9. The largest absolute Gasteiger partial charge is 0.463 e. The van der Waals surface area contributed by atoms with Gasteiger partial charge in [0, 0.05) is 13.0 Å². The van der Waals surface area contributed by atoms with Crippen molar-refractivity contribution in [2.45, 2.75) is 90.9 Å². The molecule has 0 aromatic rings. The van der Waals surface area contributed by atoms with Crippen molar-refractivity contribution in [3.05, 3.63) is 0 Å². The summed E-state index contributed by atoms with van der Waals surface area (Å²) in [6, 6.07) is 0. The van der Waals surface area contributed by atoms with E-state index < -0.39 is 0 Å². The summed E-state index contributed by atoms with van der Waals surface area (Å²) in [6.07, 6.45) is 14.0. The highest BCUT2D eigenvalue weighted by atomic mass is 16.6. The Morgan fingerprint density at radius 2 is 1.24 bits per heavy atom. The lowest BCUT2D eigenvalue weighted by atomic mass is 10.1. The van der Waals surface area contributed by atoms with Crippen LogP contribution in [-0.2, 0) is 14.3 Å². The highest BCUT2D eigenvalue weighted by Gasteiger charge is 2.02. The maximum Gasteiger partial charge on any atom is 0.305 e. The Labute approximate surface area is 131 Å². The third kappa shape index (κ3) is 17.4. The maximum absolute atomic E-state index is 11.4. The average molecular weight is 300 g/mol. The summed E-state index contributed by atoms with van der Waals surface area (Å²) in [5, 5.41) is 0. The van der Waals surface area contributed by atoms with Gasteiger partial charge in [0.1, 0.15) is 6.61 Å². The van der Waals surface area contributed by atoms with Crippen LogP contribution >= 0.6 is 0 Å². The van der Waals surface area contributed by atoms with Crippen molar-refractivity contribution >= 4 is 5.97 Å². The second-order valence-electron chi connectivity index (χ2n) is 5.76. The molecule has 0 radical (unpaired) electrons. The number of esters is 1. The lowest BCUT2D eigenvalue weighted by molar-refractivity contribution is -0.145. The van der Waals surface area contributed by atoms with Crippen LogP contribution in [0.25, 0.3) is 0 Å². The molecule has 0 aliphatic carbocycles. The molecule has 0 bridgehead atoms. The van der Waals surface area contributed by atoms with Crippen LogP contribution in [0.5, 0.6) is 0 Å². The van der Waals surface area contributed by atoms with E-state index in [1.165, 1.54) is 51.4 Å². The van der Waals surface area contributed by atoms with Gasteiger partial charge in [-0.15, -0.1) is 0 Å². The van der Waals surface area contributed by atoms with Gasteiger partial charge in [-0.2, -0.15) is 0 Å². The van der Waals surface area contributed by atoms with E-state index in [0.29, 0.717) is 19.6 Å². The second-order valence-corrected chi connectivity index (χ2v) is 5.76. The minimum atomic E-state index is -0.0744. The predicted octanol–water partition coefficient (Wildman–Crippen LogP) is 5.27. The summed E-state index contributed by atoms with van der Waals surface area (Å²) in [5.41, 5.74) is 0. The number of carbonyl (C=O) groups is 1. The van der Waals surface area contributed by atoms with Gasteiger partial charge in [-0.25, -0.2) is 0 Å². The first-order valence-corrected chi connectivity index (χ1v) is 9.04. The van der Waals surface area contributed by atoms with Crippen LogP contribution in [-0.4, -0.2) is 25.8 Å². The Balaban J connectivity index is 3.11. The molecule has 0 atom stereocenters. The van der Waals surface area contributed by atoms with Gasteiger partial charge in [-0.1, -0.05) is 71.6 Å². The summed E-state index contributed by atoms with van der Waals surface area (Å²) in [7, 11) is 0. The van der Waals surface area contributed by atoms with Gasteiger partial charge >= 0.3 is 5.97 Å². The Kier molecular flexibility index (Phi) is 17.0. The zero-order valence-corrected chi connectivity index (χ0v) is 14.3. The van der Waals surface area contributed by atoms with Crippen molar-refractivity contribution in [3.63, 3.8) is 0 Å². The molecule has 21 heavy (non-hydrogen) atoms. The third-order valence-electron chi connectivity index (χ3n) is 3.62. The fraction of sp³-hybridized carbons (Fsp3) is 0.944. The van der Waals surface area contributed by atoms with Crippen LogP contribution in [0.4, 0.5) is 0 Å². The van der Waals surface area contributed by atoms with E-state index in [2.05, 4.69) is 13.8 Å². The van der Waals surface area contributed by atoms with Crippen LogP contribution in [0.3, 0.4) is 0 Å². The van der Waals surface area contributed by atoms with Gasteiger partial charge in [0.05, 0.1) is 6.61 Å². The van der Waals surface area contributed by atoms with Gasteiger partial charge in [-0.05, 0) is 12.8 Å². The van der Waals surface area contributed by atoms with E-state index in [0.717, 1.165) is 25.9 Å². The molecule has 0 fully saturated rings. The zero-order valence-electron chi connectivity index (χ0n) is 14.3. The molecule has 126 valence electrons. The molecule has 0 amide bonds. The summed E-state index contributed by atoms with van der Waals surface area (Å²) in [6.45, 7) is 6.16.